The first-order valence-corrected chi connectivity index (χ1v) is 6.99. The average Bonchev–Trinajstić information content (AvgIpc) is 2.72. The summed E-state index contributed by atoms with van der Waals surface area (Å²) in [6.45, 7) is 7.24. The van der Waals surface area contributed by atoms with Crippen LogP contribution in [0.2, 0.25) is 0 Å². The van der Waals surface area contributed by atoms with E-state index in [9.17, 15) is 4.79 Å². The van der Waals surface area contributed by atoms with Gasteiger partial charge in [-0.3, -0.25) is 9.36 Å². The Morgan fingerprint density at radius 1 is 1.29 bits per heavy atom. The first-order valence-electron chi connectivity index (χ1n) is 6.99. The second kappa shape index (κ2) is 6.58. The van der Waals surface area contributed by atoms with Gasteiger partial charge in [0, 0.05) is 6.61 Å². The van der Waals surface area contributed by atoms with Crippen LogP contribution in [0.15, 0.2) is 12.1 Å². The lowest BCUT2D eigenvalue weighted by Crippen LogP contribution is -2.17. The fourth-order valence-electron chi connectivity index (χ4n) is 2.10. The van der Waals surface area contributed by atoms with E-state index in [1.54, 1.807) is 4.57 Å². The number of nitrogens with two attached hydrogens (primary N) is 1. The Morgan fingerprint density at radius 3 is 2.71 bits per heavy atom. The number of carbonyl (C=O) groups is 1. The highest BCUT2D eigenvalue weighted by atomic mass is 16.6. The molecule has 0 aliphatic rings. The van der Waals surface area contributed by atoms with E-state index >= 15 is 0 Å². The van der Waals surface area contributed by atoms with Gasteiger partial charge in [-0.25, -0.2) is 4.98 Å². The first-order chi connectivity index (χ1) is 10.0. The molecule has 6 heteroatoms. The summed E-state index contributed by atoms with van der Waals surface area (Å²) in [5, 5.41) is 0. The summed E-state index contributed by atoms with van der Waals surface area (Å²) < 4.78 is 11.9. The van der Waals surface area contributed by atoms with Gasteiger partial charge >= 0.3 is 5.97 Å². The molecule has 1 aromatic heterocycles. The minimum absolute atomic E-state index is 0.0525. The summed E-state index contributed by atoms with van der Waals surface area (Å²) in [6, 6.07) is 3.96. The van der Waals surface area contributed by atoms with E-state index in [1.165, 1.54) is 0 Å². The van der Waals surface area contributed by atoms with Crippen molar-refractivity contribution in [3.05, 3.63) is 23.3 Å². The van der Waals surface area contributed by atoms with Gasteiger partial charge in [0.05, 0.1) is 17.6 Å². The molecule has 0 saturated heterocycles. The topological polar surface area (TPSA) is 79.4 Å². The van der Waals surface area contributed by atoms with E-state index < -0.39 is 0 Å². The van der Waals surface area contributed by atoms with Crippen LogP contribution in [0.1, 0.15) is 18.1 Å². The molecule has 0 radical (unpaired) electrons. The lowest BCUT2D eigenvalue weighted by molar-refractivity contribution is -0.145. The van der Waals surface area contributed by atoms with Gasteiger partial charge in [0.2, 0.25) is 5.95 Å². The molecule has 0 atom stereocenters. The number of rotatable bonds is 6. The van der Waals surface area contributed by atoms with Crippen molar-refractivity contribution in [2.75, 3.05) is 25.6 Å². The molecule has 0 aliphatic heterocycles. The molecule has 0 spiro atoms. The zero-order valence-electron chi connectivity index (χ0n) is 12.7. The number of ether oxygens (including phenoxy) is 2. The molecular weight excluding hydrogens is 270 g/mol. The van der Waals surface area contributed by atoms with Gasteiger partial charge in [0.1, 0.15) is 13.2 Å². The second-order valence-electron chi connectivity index (χ2n) is 4.90. The Bertz CT molecular complexity index is 649. The van der Waals surface area contributed by atoms with Gasteiger partial charge in [0.25, 0.3) is 0 Å². The van der Waals surface area contributed by atoms with Crippen LogP contribution < -0.4 is 5.73 Å². The smallest absolute Gasteiger partial charge is 0.326 e. The normalized spacial score (nSPS) is 11.0. The fourth-order valence-corrected chi connectivity index (χ4v) is 2.10. The minimum atomic E-state index is -0.348. The maximum Gasteiger partial charge on any atom is 0.326 e. The molecule has 0 fully saturated rings. The molecule has 0 saturated carbocycles. The van der Waals surface area contributed by atoms with Crippen LogP contribution >= 0.6 is 0 Å². The Kier molecular flexibility index (Phi) is 4.80. The number of hydrogen-bond acceptors (Lipinski definition) is 5. The summed E-state index contributed by atoms with van der Waals surface area (Å²) in [5.41, 5.74) is 9.81. The largest absolute Gasteiger partial charge is 0.462 e. The van der Waals surface area contributed by atoms with Crippen molar-refractivity contribution in [1.29, 1.82) is 0 Å². The van der Waals surface area contributed by atoms with E-state index in [2.05, 4.69) is 4.98 Å². The third-order valence-electron chi connectivity index (χ3n) is 3.38. The third kappa shape index (κ3) is 3.52. The van der Waals surface area contributed by atoms with Crippen molar-refractivity contribution >= 4 is 23.0 Å². The van der Waals surface area contributed by atoms with E-state index in [0.29, 0.717) is 19.2 Å². The Labute approximate surface area is 123 Å². The molecule has 114 valence electrons. The molecule has 21 heavy (non-hydrogen) atoms. The number of carbonyl (C=O) groups excluding carboxylic acids is 1. The van der Waals surface area contributed by atoms with Crippen LogP contribution in [-0.4, -0.2) is 35.3 Å². The number of hydrogen-bond donors (Lipinski definition) is 1. The van der Waals surface area contributed by atoms with Gasteiger partial charge in [-0.05, 0) is 44.0 Å². The van der Waals surface area contributed by atoms with Crippen molar-refractivity contribution in [2.45, 2.75) is 27.3 Å². The summed E-state index contributed by atoms with van der Waals surface area (Å²) in [4.78, 5) is 16.1. The lowest BCUT2D eigenvalue weighted by Gasteiger charge is -2.08. The van der Waals surface area contributed by atoms with Crippen LogP contribution in [0.4, 0.5) is 5.95 Å². The number of aryl methyl sites for hydroxylation is 2. The van der Waals surface area contributed by atoms with Gasteiger partial charge in [-0.2, -0.15) is 0 Å². The monoisotopic (exact) mass is 291 g/mol. The molecule has 0 amide bonds. The molecule has 1 aromatic carbocycles. The van der Waals surface area contributed by atoms with Crippen molar-refractivity contribution in [1.82, 2.24) is 9.55 Å². The SMILES string of the molecule is CCOCCOC(=O)Cn1c(N)nc2cc(C)c(C)cc21. The maximum absolute atomic E-state index is 11.8. The zero-order chi connectivity index (χ0) is 15.4. The molecule has 2 N–H and O–H groups in total. The van der Waals surface area contributed by atoms with Crippen molar-refractivity contribution in [3.8, 4) is 0 Å². The standard InChI is InChI=1S/C15H21N3O3/c1-4-20-5-6-21-14(19)9-18-13-8-11(3)10(2)7-12(13)17-15(18)16/h7-8H,4-6,9H2,1-3H3,(H2,16,17). The Hall–Kier alpha value is -2.08. The van der Waals surface area contributed by atoms with Gasteiger partial charge in [0.15, 0.2) is 0 Å². The van der Waals surface area contributed by atoms with Crippen molar-refractivity contribution in [2.24, 2.45) is 0 Å². The predicted octanol–water partition coefficient (Wildman–Crippen LogP) is 1.82. The maximum atomic E-state index is 11.8. The summed E-state index contributed by atoms with van der Waals surface area (Å²) >= 11 is 0. The van der Waals surface area contributed by atoms with Crippen LogP contribution in [0, 0.1) is 13.8 Å². The van der Waals surface area contributed by atoms with E-state index in [1.807, 2.05) is 32.9 Å². The minimum Gasteiger partial charge on any atom is -0.462 e. The van der Waals surface area contributed by atoms with Crippen molar-refractivity contribution < 1.29 is 14.3 Å². The van der Waals surface area contributed by atoms with Crippen molar-refractivity contribution in [3.63, 3.8) is 0 Å². The lowest BCUT2D eigenvalue weighted by atomic mass is 10.1. The van der Waals surface area contributed by atoms with Gasteiger partial charge in [-0.1, -0.05) is 0 Å². The summed E-state index contributed by atoms with van der Waals surface area (Å²) in [7, 11) is 0. The highest BCUT2D eigenvalue weighted by molar-refractivity contribution is 5.82. The molecule has 2 aromatic rings. The number of fused-ring (bicyclic) bond motifs is 1. The highest BCUT2D eigenvalue weighted by Crippen LogP contribution is 2.21. The fraction of sp³-hybridized carbons (Fsp3) is 0.467. The predicted molar refractivity (Wildman–Crippen MR) is 81.1 cm³/mol. The zero-order valence-corrected chi connectivity index (χ0v) is 12.7. The van der Waals surface area contributed by atoms with Crippen LogP contribution in [0.25, 0.3) is 11.0 Å². The molecule has 0 bridgehead atoms. The molecular formula is C15H21N3O3. The first kappa shape index (κ1) is 15.3. The van der Waals surface area contributed by atoms with Crippen LogP contribution in [-0.2, 0) is 20.8 Å². The highest BCUT2D eigenvalue weighted by Gasteiger charge is 2.13. The quantitative estimate of drug-likeness (QED) is 0.648. The number of imidazole rings is 1. The Morgan fingerprint density at radius 2 is 2.00 bits per heavy atom. The van der Waals surface area contributed by atoms with E-state index in [0.717, 1.165) is 22.2 Å². The second-order valence-corrected chi connectivity index (χ2v) is 4.90. The third-order valence-corrected chi connectivity index (χ3v) is 3.38. The van der Waals surface area contributed by atoms with Gasteiger partial charge in [-0.15, -0.1) is 0 Å². The summed E-state index contributed by atoms with van der Waals surface area (Å²) in [5.74, 6) is -0.0318. The number of esters is 1. The van der Waals surface area contributed by atoms with Crippen LogP contribution in [0.3, 0.4) is 0 Å². The van der Waals surface area contributed by atoms with Crippen LogP contribution in [0.5, 0.6) is 0 Å². The molecule has 6 nitrogen and oxygen atoms in total. The Balaban J connectivity index is 2.12. The number of anilines is 1. The average molecular weight is 291 g/mol. The number of nitrogen functional groups attached to an aromatic ring is 1. The van der Waals surface area contributed by atoms with E-state index in [4.69, 9.17) is 15.2 Å². The molecule has 0 unspecified atom stereocenters. The summed E-state index contributed by atoms with van der Waals surface area (Å²) in [6.07, 6.45) is 0. The molecule has 2 rings (SSSR count). The molecule has 0 aliphatic carbocycles. The van der Waals surface area contributed by atoms with Gasteiger partial charge < -0.3 is 15.2 Å². The van der Waals surface area contributed by atoms with E-state index in [-0.39, 0.29) is 19.1 Å². The number of aromatic nitrogens is 2. The number of benzene rings is 1. The number of nitrogens with zero attached hydrogens (tertiary/aromatic N) is 2. The molecule has 1 heterocycles.